The zero-order valence-corrected chi connectivity index (χ0v) is 16.8. The van der Waals surface area contributed by atoms with Crippen LogP contribution in [0.25, 0.3) is 0 Å². The molecule has 0 radical (unpaired) electrons. The molecular weight excluding hydrogens is 386 g/mol. The van der Waals surface area contributed by atoms with Crippen LogP contribution in [0.15, 0.2) is 36.4 Å². The van der Waals surface area contributed by atoms with Gasteiger partial charge in [0.05, 0.1) is 38.1 Å². The van der Waals surface area contributed by atoms with Crippen LogP contribution in [0.3, 0.4) is 0 Å². The quantitative estimate of drug-likeness (QED) is 0.726. The van der Waals surface area contributed by atoms with E-state index in [1.54, 1.807) is 26.4 Å². The SMILES string of the molecule is COc1cc(OC)c(NC(=S)Nc2ccc(N3CCOCC3)cc2)cc1Cl. The minimum absolute atomic E-state index is 0.439. The smallest absolute Gasteiger partial charge is 0.175 e. The number of ether oxygens (including phenoxy) is 3. The van der Waals surface area contributed by atoms with E-state index < -0.39 is 0 Å². The Hall–Kier alpha value is -2.22. The molecule has 0 saturated carbocycles. The van der Waals surface area contributed by atoms with Gasteiger partial charge in [0, 0.05) is 30.5 Å². The van der Waals surface area contributed by atoms with Gasteiger partial charge < -0.3 is 29.7 Å². The second-order valence-corrected chi connectivity index (χ2v) is 6.73. The van der Waals surface area contributed by atoms with Gasteiger partial charge in [-0.3, -0.25) is 0 Å². The number of halogens is 1. The maximum atomic E-state index is 6.20. The first-order valence-electron chi connectivity index (χ1n) is 8.53. The summed E-state index contributed by atoms with van der Waals surface area (Å²) in [6, 6.07) is 11.6. The molecule has 1 aliphatic rings. The lowest BCUT2D eigenvalue weighted by atomic mass is 10.2. The Morgan fingerprint density at radius 2 is 1.70 bits per heavy atom. The average molecular weight is 408 g/mol. The van der Waals surface area contributed by atoms with E-state index in [1.165, 1.54) is 5.69 Å². The zero-order chi connectivity index (χ0) is 19.2. The molecule has 0 spiro atoms. The fraction of sp³-hybridized carbons (Fsp3) is 0.316. The molecule has 0 amide bonds. The number of benzene rings is 2. The molecule has 27 heavy (non-hydrogen) atoms. The molecule has 1 aliphatic heterocycles. The van der Waals surface area contributed by atoms with Gasteiger partial charge in [-0.2, -0.15) is 0 Å². The summed E-state index contributed by atoms with van der Waals surface area (Å²) in [6.45, 7) is 3.34. The third kappa shape index (κ3) is 4.94. The fourth-order valence-electron chi connectivity index (χ4n) is 2.82. The van der Waals surface area contributed by atoms with E-state index in [4.69, 9.17) is 38.0 Å². The van der Waals surface area contributed by atoms with Gasteiger partial charge in [0.2, 0.25) is 0 Å². The van der Waals surface area contributed by atoms with Crippen LogP contribution >= 0.6 is 23.8 Å². The molecule has 0 unspecified atom stereocenters. The summed E-state index contributed by atoms with van der Waals surface area (Å²) in [5, 5.41) is 7.18. The first-order chi connectivity index (χ1) is 13.1. The van der Waals surface area contributed by atoms with Gasteiger partial charge in [0.15, 0.2) is 5.11 Å². The van der Waals surface area contributed by atoms with Gasteiger partial charge in [0.25, 0.3) is 0 Å². The summed E-state index contributed by atoms with van der Waals surface area (Å²) in [5.74, 6) is 1.12. The van der Waals surface area contributed by atoms with Gasteiger partial charge in [-0.25, -0.2) is 0 Å². The summed E-state index contributed by atoms with van der Waals surface area (Å²) in [4.78, 5) is 2.30. The Morgan fingerprint density at radius 3 is 2.33 bits per heavy atom. The highest BCUT2D eigenvalue weighted by Gasteiger charge is 2.13. The van der Waals surface area contributed by atoms with E-state index in [0.29, 0.717) is 27.3 Å². The molecule has 0 aliphatic carbocycles. The number of thiocarbonyl (C=S) groups is 1. The Bertz CT molecular complexity index is 796. The van der Waals surface area contributed by atoms with E-state index in [2.05, 4.69) is 27.7 Å². The van der Waals surface area contributed by atoms with Crippen molar-refractivity contribution in [3.05, 3.63) is 41.4 Å². The number of methoxy groups -OCH3 is 2. The highest BCUT2D eigenvalue weighted by atomic mass is 35.5. The highest BCUT2D eigenvalue weighted by Crippen LogP contribution is 2.36. The van der Waals surface area contributed by atoms with Gasteiger partial charge in [-0.05, 0) is 42.5 Å². The lowest BCUT2D eigenvalue weighted by Crippen LogP contribution is -2.36. The predicted molar refractivity (Wildman–Crippen MR) is 114 cm³/mol. The van der Waals surface area contributed by atoms with Crippen LogP contribution in [0.5, 0.6) is 11.5 Å². The van der Waals surface area contributed by atoms with Crippen molar-refractivity contribution in [1.29, 1.82) is 0 Å². The second kappa shape index (κ2) is 9.12. The van der Waals surface area contributed by atoms with Crippen LogP contribution < -0.4 is 25.0 Å². The average Bonchev–Trinajstić information content (AvgIpc) is 2.69. The van der Waals surface area contributed by atoms with E-state index in [1.807, 2.05) is 12.1 Å². The normalized spacial score (nSPS) is 13.8. The van der Waals surface area contributed by atoms with Gasteiger partial charge in [-0.15, -0.1) is 0 Å². The monoisotopic (exact) mass is 407 g/mol. The highest BCUT2D eigenvalue weighted by molar-refractivity contribution is 7.80. The van der Waals surface area contributed by atoms with Crippen molar-refractivity contribution in [2.75, 3.05) is 56.1 Å². The van der Waals surface area contributed by atoms with Crippen molar-refractivity contribution >= 4 is 46.0 Å². The molecule has 2 N–H and O–H groups in total. The van der Waals surface area contributed by atoms with Crippen molar-refractivity contribution in [2.45, 2.75) is 0 Å². The van der Waals surface area contributed by atoms with Crippen LogP contribution in [-0.2, 0) is 4.74 Å². The van der Waals surface area contributed by atoms with Crippen molar-refractivity contribution in [3.8, 4) is 11.5 Å². The Balaban J connectivity index is 1.64. The van der Waals surface area contributed by atoms with Crippen LogP contribution in [0, 0.1) is 0 Å². The number of nitrogens with zero attached hydrogens (tertiary/aromatic N) is 1. The topological polar surface area (TPSA) is 55.0 Å². The van der Waals surface area contributed by atoms with Crippen LogP contribution in [0.1, 0.15) is 0 Å². The number of hydrogen-bond donors (Lipinski definition) is 2. The minimum atomic E-state index is 0.439. The first-order valence-corrected chi connectivity index (χ1v) is 9.31. The molecule has 1 fully saturated rings. The zero-order valence-electron chi connectivity index (χ0n) is 15.3. The second-order valence-electron chi connectivity index (χ2n) is 5.91. The summed E-state index contributed by atoms with van der Waals surface area (Å²) in [6.07, 6.45) is 0. The predicted octanol–water partition coefficient (Wildman–Crippen LogP) is 4.00. The summed E-state index contributed by atoms with van der Waals surface area (Å²) < 4.78 is 16.0. The van der Waals surface area contributed by atoms with E-state index >= 15 is 0 Å². The molecule has 1 saturated heterocycles. The fourth-order valence-corrected chi connectivity index (χ4v) is 3.29. The molecule has 144 valence electrons. The molecule has 1 heterocycles. The van der Waals surface area contributed by atoms with E-state index in [-0.39, 0.29) is 0 Å². The lowest BCUT2D eigenvalue weighted by molar-refractivity contribution is 0.122. The summed E-state index contributed by atoms with van der Waals surface area (Å²) >= 11 is 11.6. The number of rotatable bonds is 5. The lowest BCUT2D eigenvalue weighted by Gasteiger charge is -2.29. The van der Waals surface area contributed by atoms with Gasteiger partial charge in [0.1, 0.15) is 11.5 Å². The molecule has 6 nitrogen and oxygen atoms in total. The number of nitrogens with one attached hydrogen (secondary N) is 2. The van der Waals surface area contributed by atoms with Crippen molar-refractivity contribution < 1.29 is 14.2 Å². The number of anilines is 3. The molecule has 0 atom stereocenters. The maximum Gasteiger partial charge on any atom is 0.175 e. The van der Waals surface area contributed by atoms with Crippen molar-refractivity contribution in [2.24, 2.45) is 0 Å². The number of morpholine rings is 1. The van der Waals surface area contributed by atoms with Crippen molar-refractivity contribution in [3.63, 3.8) is 0 Å². The molecule has 0 aromatic heterocycles. The largest absolute Gasteiger partial charge is 0.495 e. The van der Waals surface area contributed by atoms with E-state index in [9.17, 15) is 0 Å². The molecule has 2 aromatic rings. The molecule has 3 rings (SSSR count). The molecule has 8 heteroatoms. The summed E-state index contributed by atoms with van der Waals surface area (Å²) in [5.41, 5.74) is 2.72. The Labute approximate surface area is 169 Å². The molecular formula is C19H22ClN3O3S. The third-order valence-corrected chi connectivity index (χ3v) is 4.72. The van der Waals surface area contributed by atoms with Crippen molar-refractivity contribution in [1.82, 2.24) is 0 Å². The van der Waals surface area contributed by atoms with Crippen LogP contribution in [0.4, 0.5) is 17.1 Å². The maximum absolute atomic E-state index is 6.20. The Kier molecular flexibility index (Phi) is 6.60. The van der Waals surface area contributed by atoms with E-state index in [0.717, 1.165) is 32.0 Å². The van der Waals surface area contributed by atoms with Gasteiger partial charge >= 0.3 is 0 Å². The van der Waals surface area contributed by atoms with Crippen LogP contribution in [-0.4, -0.2) is 45.6 Å². The Morgan fingerprint density at radius 1 is 1.04 bits per heavy atom. The molecule has 0 bridgehead atoms. The summed E-state index contributed by atoms with van der Waals surface area (Å²) in [7, 11) is 3.13. The first kappa shape index (κ1) is 19.5. The van der Waals surface area contributed by atoms with Gasteiger partial charge in [-0.1, -0.05) is 11.6 Å². The minimum Gasteiger partial charge on any atom is -0.495 e. The van der Waals surface area contributed by atoms with Crippen LogP contribution in [0.2, 0.25) is 5.02 Å². The third-order valence-electron chi connectivity index (χ3n) is 4.22. The standard InChI is InChI=1S/C19H22ClN3O3S/c1-24-17-12-18(25-2)16(11-15(17)20)22-19(27)21-13-3-5-14(6-4-13)23-7-9-26-10-8-23/h3-6,11-12H,7-10H2,1-2H3,(H2,21,22,27). The number of hydrogen-bond acceptors (Lipinski definition) is 5. The molecule has 2 aromatic carbocycles.